The number of rotatable bonds is 6. The lowest BCUT2D eigenvalue weighted by Gasteiger charge is -2.10. The molecule has 0 saturated carbocycles. The van der Waals surface area contributed by atoms with Crippen LogP contribution in [-0.4, -0.2) is 19.3 Å². The number of benzene rings is 5. The van der Waals surface area contributed by atoms with Gasteiger partial charge in [0.25, 0.3) is 0 Å². The van der Waals surface area contributed by atoms with E-state index in [1.54, 1.807) is 0 Å². The summed E-state index contributed by atoms with van der Waals surface area (Å²) >= 11 is 0. The molecular weight excluding hydrogens is 528 g/mol. The Balaban J connectivity index is 1.19. The molecule has 0 aliphatic rings. The average Bonchev–Trinajstić information content (AvgIpc) is 3.69. The molecule has 3 aromatic heterocycles. The first kappa shape index (κ1) is 24.8. The zero-order valence-corrected chi connectivity index (χ0v) is 23.2. The number of nitrogens with zero attached hydrogens (tertiary/aromatic N) is 4. The molecule has 0 fully saturated rings. The first-order valence-corrected chi connectivity index (χ1v) is 14.2. The maximum atomic E-state index is 6.45. The zero-order valence-electron chi connectivity index (χ0n) is 23.2. The predicted octanol–water partition coefficient (Wildman–Crippen LogP) is 9.49. The number of aromatic nitrogens is 4. The molecule has 0 aliphatic carbocycles. The number of fused-ring (bicyclic) bond motifs is 3. The highest BCUT2D eigenvalue weighted by Crippen LogP contribution is 2.37. The molecule has 0 saturated heterocycles. The molecule has 0 bridgehead atoms. The van der Waals surface area contributed by atoms with Crippen LogP contribution in [0.2, 0.25) is 0 Å². The summed E-state index contributed by atoms with van der Waals surface area (Å²) in [5.41, 5.74) is 7.63. The van der Waals surface area contributed by atoms with Crippen molar-refractivity contribution in [2.75, 3.05) is 0 Å². The lowest BCUT2D eigenvalue weighted by atomic mass is 10.0. The number of hydrogen-bond donors (Lipinski definition) is 0. The maximum Gasteiger partial charge on any atom is 0.137 e. The smallest absolute Gasteiger partial charge is 0.137 e. The van der Waals surface area contributed by atoms with Crippen molar-refractivity contribution in [1.82, 2.24) is 19.3 Å². The van der Waals surface area contributed by atoms with Crippen molar-refractivity contribution in [2.45, 2.75) is 0 Å². The molecule has 0 radical (unpaired) electrons. The van der Waals surface area contributed by atoms with E-state index in [0.717, 1.165) is 50.6 Å². The summed E-state index contributed by atoms with van der Waals surface area (Å²) in [6.45, 7) is 0. The Labute approximate surface area is 248 Å². The van der Waals surface area contributed by atoms with Crippen molar-refractivity contribution in [2.24, 2.45) is 0 Å². The number of ether oxygens (including phenoxy) is 1. The van der Waals surface area contributed by atoms with Crippen molar-refractivity contribution in [3.8, 4) is 45.3 Å². The average molecular weight is 555 g/mol. The van der Waals surface area contributed by atoms with Crippen molar-refractivity contribution in [3.63, 3.8) is 0 Å². The summed E-state index contributed by atoms with van der Waals surface area (Å²) in [5.74, 6) is 2.35. The Bertz CT molecular complexity index is 2200. The van der Waals surface area contributed by atoms with Crippen LogP contribution in [0.15, 0.2) is 158 Å². The highest BCUT2D eigenvalue weighted by molar-refractivity contribution is 6.10. The fourth-order valence-electron chi connectivity index (χ4n) is 5.68. The molecule has 5 nitrogen and oxygen atoms in total. The molecule has 0 aliphatic heterocycles. The van der Waals surface area contributed by atoms with Gasteiger partial charge in [-0.2, -0.15) is 5.10 Å². The lowest BCUT2D eigenvalue weighted by molar-refractivity contribution is 0.483. The fourth-order valence-corrected chi connectivity index (χ4v) is 5.68. The van der Waals surface area contributed by atoms with Crippen LogP contribution in [-0.2, 0) is 0 Å². The molecule has 8 aromatic rings. The summed E-state index contributed by atoms with van der Waals surface area (Å²) in [4.78, 5) is 4.70. The van der Waals surface area contributed by atoms with Crippen molar-refractivity contribution in [3.05, 3.63) is 158 Å². The Kier molecular flexibility index (Phi) is 6.05. The third kappa shape index (κ3) is 4.63. The molecule has 0 amide bonds. The molecule has 5 aromatic carbocycles. The minimum atomic E-state index is 0.737. The summed E-state index contributed by atoms with van der Waals surface area (Å²) < 4.78 is 10.5. The monoisotopic (exact) mass is 554 g/mol. The normalized spacial score (nSPS) is 11.3. The molecule has 0 unspecified atom stereocenters. The van der Waals surface area contributed by atoms with Gasteiger partial charge in [-0.05, 0) is 65.2 Å². The van der Waals surface area contributed by atoms with E-state index in [1.807, 2.05) is 96.1 Å². The number of hydrogen-bond acceptors (Lipinski definition) is 3. The van der Waals surface area contributed by atoms with E-state index < -0.39 is 0 Å². The summed E-state index contributed by atoms with van der Waals surface area (Å²) in [5, 5.41) is 6.91. The molecule has 0 atom stereocenters. The van der Waals surface area contributed by atoms with Gasteiger partial charge in [-0.1, -0.05) is 78.9 Å². The molecule has 0 N–H and O–H groups in total. The van der Waals surface area contributed by atoms with Gasteiger partial charge in [0.05, 0.1) is 22.9 Å². The van der Waals surface area contributed by atoms with Gasteiger partial charge in [0.1, 0.15) is 17.3 Å². The van der Waals surface area contributed by atoms with E-state index in [2.05, 4.69) is 76.4 Å². The molecule has 204 valence electrons. The van der Waals surface area contributed by atoms with E-state index in [4.69, 9.17) is 9.72 Å². The van der Waals surface area contributed by atoms with Crippen molar-refractivity contribution in [1.29, 1.82) is 0 Å². The minimum absolute atomic E-state index is 0.737. The standard InChI is InChI=1S/C38H26N4O/c1-3-10-27(11-4-1)29-17-20-36-35(22-29)34-19-18-33(24-37(34)42(36)38-16-7-8-21-39-38)43-32-15-9-14-31(23-32)41-26-30(25-40-41)28-12-5-2-6-13-28/h1-26H. The third-order valence-electron chi connectivity index (χ3n) is 7.73. The largest absolute Gasteiger partial charge is 0.457 e. The molecule has 5 heteroatoms. The highest BCUT2D eigenvalue weighted by atomic mass is 16.5. The topological polar surface area (TPSA) is 44.9 Å². The zero-order chi connectivity index (χ0) is 28.6. The van der Waals surface area contributed by atoms with Crippen molar-refractivity contribution >= 4 is 21.8 Å². The summed E-state index contributed by atoms with van der Waals surface area (Å²) in [6.07, 6.45) is 5.75. The van der Waals surface area contributed by atoms with Crippen molar-refractivity contribution < 1.29 is 4.74 Å². The van der Waals surface area contributed by atoms with Crippen LogP contribution >= 0.6 is 0 Å². The van der Waals surface area contributed by atoms with Gasteiger partial charge in [-0.15, -0.1) is 0 Å². The van der Waals surface area contributed by atoms with Gasteiger partial charge in [0, 0.05) is 40.9 Å². The van der Waals surface area contributed by atoms with Crippen LogP contribution in [0.3, 0.4) is 0 Å². The molecule has 8 rings (SSSR count). The second-order valence-corrected chi connectivity index (χ2v) is 10.4. The quantitative estimate of drug-likeness (QED) is 0.206. The van der Waals surface area contributed by atoms with Gasteiger partial charge in [-0.3, -0.25) is 4.57 Å². The van der Waals surface area contributed by atoms with Crippen LogP contribution in [0.25, 0.3) is 55.6 Å². The van der Waals surface area contributed by atoms with E-state index in [1.165, 1.54) is 16.5 Å². The van der Waals surface area contributed by atoms with Gasteiger partial charge in [-0.25, -0.2) is 9.67 Å². The first-order valence-electron chi connectivity index (χ1n) is 14.2. The van der Waals surface area contributed by atoms with E-state index in [-0.39, 0.29) is 0 Å². The second-order valence-electron chi connectivity index (χ2n) is 10.4. The Morgan fingerprint density at radius 1 is 0.512 bits per heavy atom. The highest BCUT2D eigenvalue weighted by Gasteiger charge is 2.15. The maximum absolute atomic E-state index is 6.45. The minimum Gasteiger partial charge on any atom is -0.457 e. The molecule has 43 heavy (non-hydrogen) atoms. The molecule has 3 heterocycles. The van der Waals surface area contributed by atoms with Gasteiger partial charge < -0.3 is 4.74 Å². The predicted molar refractivity (Wildman–Crippen MR) is 173 cm³/mol. The van der Waals surface area contributed by atoms with Gasteiger partial charge in [0.2, 0.25) is 0 Å². The molecular formula is C38H26N4O. The summed E-state index contributed by atoms with van der Waals surface area (Å²) in [6, 6.07) is 47.6. The second kappa shape index (κ2) is 10.5. The van der Waals surface area contributed by atoms with E-state index in [0.29, 0.717) is 0 Å². The number of pyridine rings is 1. The Morgan fingerprint density at radius 2 is 1.28 bits per heavy atom. The van der Waals surface area contributed by atoms with Crippen LogP contribution in [0.5, 0.6) is 11.5 Å². The van der Waals surface area contributed by atoms with E-state index >= 15 is 0 Å². The van der Waals surface area contributed by atoms with E-state index in [9.17, 15) is 0 Å². The molecule has 0 spiro atoms. The van der Waals surface area contributed by atoms with Crippen LogP contribution in [0.4, 0.5) is 0 Å². The first-order chi connectivity index (χ1) is 21.3. The summed E-state index contributed by atoms with van der Waals surface area (Å²) in [7, 11) is 0. The van der Waals surface area contributed by atoms with Gasteiger partial charge >= 0.3 is 0 Å². The third-order valence-corrected chi connectivity index (χ3v) is 7.73. The van der Waals surface area contributed by atoms with Crippen LogP contribution in [0.1, 0.15) is 0 Å². The SMILES string of the molecule is c1ccc(-c2ccc3c(c2)c2ccc(Oc4cccc(-n5cc(-c6ccccc6)cn5)c4)cc2n3-c2ccccn2)cc1. The van der Waals surface area contributed by atoms with Crippen LogP contribution < -0.4 is 4.74 Å². The fraction of sp³-hybridized carbons (Fsp3) is 0. The Hall–Kier alpha value is -5.94. The Morgan fingerprint density at radius 3 is 2.07 bits per heavy atom. The lowest BCUT2D eigenvalue weighted by Crippen LogP contribution is -1.97. The van der Waals surface area contributed by atoms with Crippen LogP contribution in [0, 0.1) is 0 Å². The van der Waals surface area contributed by atoms with Gasteiger partial charge in [0.15, 0.2) is 0 Å².